The number of hydrogen-bond acceptors (Lipinski definition) is 7. The van der Waals surface area contributed by atoms with Gasteiger partial charge in [0.15, 0.2) is 5.69 Å². The molecule has 4 rings (SSSR count). The Balaban J connectivity index is 1.47. The lowest BCUT2D eigenvalue weighted by Gasteiger charge is -2.05. The molecule has 0 fully saturated rings. The smallest absolute Gasteiger partial charge is 0.361 e. The number of nitrogens with zero attached hydrogens (tertiary/aromatic N) is 4. The molecular weight excluding hydrogens is 396 g/mol. The normalized spacial score (nSPS) is 10.8. The van der Waals surface area contributed by atoms with E-state index < -0.39 is 5.97 Å². The molecule has 0 unspecified atom stereocenters. The molecule has 31 heavy (non-hydrogen) atoms. The molecule has 2 aromatic carbocycles. The van der Waals surface area contributed by atoms with Crippen LogP contribution in [0.15, 0.2) is 52.9 Å². The molecule has 8 heteroatoms. The van der Waals surface area contributed by atoms with Gasteiger partial charge in [-0.2, -0.15) is 0 Å². The maximum absolute atomic E-state index is 12.6. The van der Waals surface area contributed by atoms with Gasteiger partial charge in [-0.1, -0.05) is 22.9 Å². The van der Waals surface area contributed by atoms with E-state index >= 15 is 0 Å². The topological polar surface area (TPSA) is 92.3 Å². The maximum atomic E-state index is 12.6. The van der Waals surface area contributed by atoms with Crippen LogP contribution < -0.4 is 4.74 Å². The number of hydrogen-bond donors (Lipinski definition) is 0. The number of carbonyl (C=O) groups excluding carboxylic acids is 1. The van der Waals surface area contributed by atoms with Crippen LogP contribution in [0.1, 0.15) is 33.2 Å². The van der Waals surface area contributed by atoms with E-state index in [0.717, 1.165) is 22.6 Å². The van der Waals surface area contributed by atoms with Gasteiger partial charge in [0.1, 0.15) is 23.8 Å². The van der Waals surface area contributed by atoms with Gasteiger partial charge in [0.25, 0.3) is 0 Å². The number of rotatable bonds is 6. The van der Waals surface area contributed by atoms with Gasteiger partial charge in [-0.25, -0.2) is 14.5 Å². The molecule has 0 saturated heterocycles. The van der Waals surface area contributed by atoms with Crippen molar-refractivity contribution in [2.75, 3.05) is 7.11 Å². The van der Waals surface area contributed by atoms with Crippen LogP contribution in [0.2, 0.25) is 0 Å². The monoisotopic (exact) mass is 418 g/mol. The zero-order chi connectivity index (χ0) is 22.0. The number of ether oxygens (including phenoxy) is 2. The average Bonchev–Trinajstić information content (AvgIpc) is 3.35. The molecule has 2 heterocycles. The van der Waals surface area contributed by atoms with Gasteiger partial charge < -0.3 is 13.9 Å². The Bertz CT molecular complexity index is 1210. The molecule has 0 radical (unpaired) electrons. The Kier molecular flexibility index (Phi) is 5.53. The summed E-state index contributed by atoms with van der Waals surface area (Å²) in [5.74, 6) is 1.25. The maximum Gasteiger partial charge on any atom is 0.361 e. The molecule has 0 bridgehead atoms. The summed E-state index contributed by atoms with van der Waals surface area (Å²) in [7, 11) is 1.60. The predicted octanol–water partition coefficient (Wildman–Crippen LogP) is 4.21. The van der Waals surface area contributed by atoms with Crippen molar-refractivity contribution in [1.29, 1.82) is 0 Å². The van der Waals surface area contributed by atoms with Gasteiger partial charge in [-0.3, -0.25) is 0 Å². The van der Waals surface area contributed by atoms with Crippen molar-refractivity contribution in [3.05, 3.63) is 76.9 Å². The molecule has 4 aromatic rings. The van der Waals surface area contributed by atoms with E-state index in [1.54, 1.807) is 25.6 Å². The van der Waals surface area contributed by atoms with Crippen molar-refractivity contribution in [1.82, 2.24) is 20.0 Å². The highest BCUT2D eigenvalue weighted by Gasteiger charge is 2.20. The van der Waals surface area contributed by atoms with Gasteiger partial charge in [-0.15, -0.1) is 5.10 Å². The minimum absolute atomic E-state index is 0.0190. The predicted molar refractivity (Wildman–Crippen MR) is 113 cm³/mol. The van der Waals surface area contributed by atoms with Crippen LogP contribution in [-0.2, 0) is 11.3 Å². The first kappa shape index (κ1) is 20.3. The van der Waals surface area contributed by atoms with E-state index in [2.05, 4.69) is 15.3 Å². The van der Waals surface area contributed by atoms with Gasteiger partial charge >= 0.3 is 5.97 Å². The highest BCUT2D eigenvalue weighted by Crippen LogP contribution is 2.23. The van der Waals surface area contributed by atoms with Crippen LogP contribution in [0, 0.1) is 20.8 Å². The highest BCUT2D eigenvalue weighted by atomic mass is 16.5. The third-order valence-electron chi connectivity index (χ3n) is 4.94. The van der Waals surface area contributed by atoms with Gasteiger partial charge in [0.05, 0.1) is 18.5 Å². The van der Waals surface area contributed by atoms with E-state index in [9.17, 15) is 4.79 Å². The number of aromatic nitrogens is 4. The summed E-state index contributed by atoms with van der Waals surface area (Å²) in [5, 5.41) is 8.07. The van der Waals surface area contributed by atoms with Crippen LogP contribution >= 0.6 is 0 Å². The number of carbonyl (C=O) groups is 1. The average molecular weight is 418 g/mol. The zero-order valence-electron chi connectivity index (χ0n) is 17.7. The summed E-state index contributed by atoms with van der Waals surface area (Å²) in [6.45, 7) is 5.55. The molecule has 0 N–H and O–H groups in total. The van der Waals surface area contributed by atoms with Crippen molar-refractivity contribution in [2.45, 2.75) is 27.4 Å². The summed E-state index contributed by atoms with van der Waals surface area (Å²) >= 11 is 0. The molecule has 158 valence electrons. The van der Waals surface area contributed by atoms with Gasteiger partial charge in [0, 0.05) is 5.56 Å². The van der Waals surface area contributed by atoms with Crippen LogP contribution in [0.3, 0.4) is 0 Å². The second kappa shape index (κ2) is 8.43. The second-order valence-electron chi connectivity index (χ2n) is 7.10. The summed E-state index contributed by atoms with van der Waals surface area (Å²) in [5.41, 5.74) is 4.07. The molecule has 2 aromatic heterocycles. The molecule has 0 spiro atoms. The Hall–Kier alpha value is -3.94. The molecule has 0 saturated carbocycles. The van der Waals surface area contributed by atoms with Crippen molar-refractivity contribution < 1.29 is 18.7 Å². The van der Waals surface area contributed by atoms with Gasteiger partial charge in [0.2, 0.25) is 5.89 Å². The van der Waals surface area contributed by atoms with Crippen molar-refractivity contribution in [3.63, 3.8) is 0 Å². The fourth-order valence-electron chi connectivity index (χ4n) is 3.07. The molecule has 0 atom stereocenters. The third kappa shape index (κ3) is 4.18. The molecule has 0 amide bonds. The summed E-state index contributed by atoms with van der Waals surface area (Å²) in [6.07, 6.45) is 0. The lowest BCUT2D eigenvalue weighted by atomic mass is 10.1. The van der Waals surface area contributed by atoms with E-state index in [1.807, 2.05) is 55.5 Å². The first-order valence-corrected chi connectivity index (χ1v) is 9.73. The summed E-state index contributed by atoms with van der Waals surface area (Å²) in [4.78, 5) is 17.1. The Morgan fingerprint density at radius 2 is 1.74 bits per heavy atom. The first-order valence-electron chi connectivity index (χ1n) is 9.73. The minimum Gasteiger partial charge on any atom is -0.497 e. The van der Waals surface area contributed by atoms with Crippen molar-refractivity contribution >= 4 is 5.97 Å². The number of methoxy groups -OCH3 is 1. The van der Waals surface area contributed by atoms with Gasteiger partial charge in [-0.05, 0) is 57.2 Å². The first-order chi connectivity index (χ1) is 15.0. The van der Waals surface area contributed by atoms with Crippen LogP contribution in [0.4, 0.5) is 0 Å². The lowest BCUT2D eigenvalue weighted by molar-refractivity contribution is 0.0459. The third-order valence-corrected chi connectivity index (χ3v) is 4.94. The van der Waals surface area contributed by atoms with E-state index in [4.69, 9.17) is 13.9 Å². The molecule has 8 nitrogen and oxygen atoms in total. The molecule has 0 aliphatic rings. The second-order valence-corrected chi connectivity index (χ2v) is 7.10. The van der Waals surface area contributed by atoms with E-state index in [-0.39, 0.29) is 12.3 Å². The number of benzene rings is 2. The van der Waals surface area contributed by atoms with Crippen LogP contribution in [-0.4, -0.2) is 33.1 Å². The van der Waals surface area contributed by atoms with Crippen molar-refractivity contribution in [3.8, 4) is 22.9 Å². The number of oxazole rings is 1. The van der Waals surface area contributed by atoms with E-state index in [1.165, 1.54) is 0 Å². The fraction of sp³-hybridized carbons (Fsp3) is 0.217. The van der Waals surface area contributed by atoms with Crippen LogP contribution in [0.5, 0.6) is 5.75 Å². The Morgan fingerprint density at radius 3 is 2.42 bits per heavy atom. The minimum atomic E-state index is -0.573. The number of esters is 1. The van der Waals surface area contributed by atoms with Crippen LogP contribution in [0.25, 0.3) is 17.1 Å². The zero-order valence-corrected chi connectivity index (χ0v) is 17.7. The molecule has 0 aliphatic carbocycles. The quantitative estimate of drug-likeness (QED) is 0.433. The summed E-state index contributed by atoms with van der Waals surface area (Å²) < 4.78 is 17.9. The number of aryl methyl sites for hydroxylation is 2. The molecule has 0 aliphatic heterocycles. The summed E-state index contributed by atoms with van der Waals surface area (Å²) in [6, 6.07) is 15.2. The SMILES string of the molecule is COc1ccc(-n2nnc(C(=O)OCc3nc(-c4ccc(C)cc4)oc3C)c2C)cc1. The van der Waals surface area contributed by atoms with E-state index in [0.29, 0.717) is 23.0 Å². The Morgan fingerprint density at radius 1 is 1.03 bits per heavy atom. The fourth-order valence-corrected chi connectivity index (χ4v) is 3.07. The van der Waals surface area contributed by atoms with Crippen molar-refractivity contribution in [2.24, 2.45) is 0 Å². The Labute approximate surface area is 179 Å². The lowest BCUT2D eigenvalue weighted by Crippen LogP contribution is -2.09. The molecular formula is C23H22N4O4. The standard InChI is InChI=1S/C23H22N4O4/c1-14-5-7-17(8-6-14)22-24-20(16(3)31-22)13-30-23(28)21-15(2)27(26-25-21)18-9-11-19(29-4)12-10-18/h5-12H,13H2,1-4H3. The largest absolute Gasteiger partial charge is 0.497 e. The highest BCUT2D eigenvalue weighted by molar-refractivity contribution is 5.88.